The lowest BCUT2D eigenvalue weighted by atomic mass is 9.85. The molecular weight excluding hydrogens is 364 g/mol. The van der Waals surface area contributed by atoms with E-state index in [2.05, 4.69) is 27.4 Å². The minimum atomic E-state index is 0.453. The molecule has 0 radical (unpaired) electrons. The molecule has 0 spiro atoms. The van der Waals surface area contributed by atoms with Crippen molar-refractivity contribution >= 4 is 17.9 Å². The van der Waals surface area contributed by atoms with Gasteiger partial charge in [-0.15, -0.1) is 0 Å². The summed E-state index contributed by atoms with van der Waals surface area (Å²) in [6.45, 7) is 0.907. The van der Waals surface area contributed by atoms with E-state index in [1.807, 2.05) is 31.4 Å². The Morgan fingerprint density at radius 2 is 1.93 bits per heavy atom. The van der Waals surface area contributed by atoms with Crippen molar-refractivity contribution in [1.82, 2.24) is 15.3 Å². The maximum atomic E-state index is 6.37. The highest BCUT2D eigenvalue weighted by Gasteiger charge is 2.25. The Kier molecular flexibility index (Phi) is 7.32. The van der Waals surface area contributed by atoms with Crippen molar-refractivity contribution in [2.75, 3.05) is 14.2 Å². The number of ether oxygens (including phenoxy) is 1. The summed E-state index contributed by atoms with van der Waals surface area (Å²) in [6, 6.07) is 10.0. The Balaban J connectivity index is 0.000000188. The fourth-order valence-electron chi connectivity index (χ4n) is 3.83. The first-order valence-electron chi connectivity index (χ1n) is 10.2. The van der Waals surface area contributed by atoms with Crippen molar-refractivity contribution in [3.63, 3.8) is 0 Å². The van der Waals surface area contributed by atoms with Crippen LogP contribution in [0, 0.1) is 5.92 Å². The summed E-state index contributed by atoms with van der Waals surface area (Å²) in [5.41, 5.74) is 10.5. The van der Waals surface area contributed by atoms with Crippen LogP contribution in [-0.4, -0.2) is 30.5 Å². The van der Waals surface area contributed by atoms with Gasteiger partial charge in [0.15, 0.2) is 0 Å². The highest BCUT2D eigenvalue weighted by atomic mass is 16.5. The smallest absolute Gasteiger partial charge is 0.141 e. The molecule has 0 bridgehead atoms. The third-order valence-electron chi connectivity index (χ3n) is 5.41. The summed E-state index contributed by atoms with van der Waals surface area (Å²) in [5, 5.41) is 4.62. The lowest BCUT2D eigenvalue weighted by molar-refractivity contribution is 0.397. The summed E-state index contributed by atoms with van der Waals surface area (Å²) in [5.74, 6) is 8.19. The largest absolute Gasteiger partial charge is 0.497 e. The number of aromatic amines is 1. The average Bonchev–Trinajstić information content (AvgIpc) is 3.24. The van der Waals surface area contributed by atoms with E-state index in [1.54, 1.807) is 18.5 Å². The molecule has 29 heavy (non-hydrogen) atoms. The first-order chi connectivity index (χ1) is 14.1. The van der Waals surface area contributed by atoms with E-state index in [0.29, 0.717) is 5.92 Å². The van der Waals surface area contributed by atoms with Crippen molar-refractivity contribution in [3.05, 3.63) is 53.4 Å². The lowest BCUT2D eigenvalue weighted by Crippen LogP contribution is -2.33. The molecular formula is C22H32N6O. The summed E-state index contributed by atoms with van der Waals surface area (Å²) >= 11 is 0. The zero-order valence-electron chi connectivity index (χ0n) is 17.3. The van der Waals surface area contributed by atoms with E-state index in [0.717, 1.165) is 35.1 Å². The van der Waals surface area contributed by atoms with Gasteiger partial charge in [0, 0.05) is 29.9 Å². The number of nitrogens with two attached hydrogens (primary N) is 2. The second kappa shape index (κ2) is 10.1. The monoisotopic (exact) mass is 396 g/mol. The Bertz CT molecular complexity index is 833. The molecule has 0 atom stereocenters. The Hall–Kier alpha value is -2.77. The maximum Gasteiger partial charge on any atom is 0.141 e. The number of allylic oxidation sites excluding steroid dienone is 1. The number of H-pyrrole nitrogens is 1. The number of hydrogen-bond acceptors (Lipinski definition) is 6. The Morgan fingerprint density at radius 3 is 2.59 bits per heavy atom. The van der Waals surface area contributed by atoms with Crippen LogP contribution < -0.4 is 21.6 Å². The molecule has 7 heteroatoms. The van der Waals surface area contributed by atoms with Gasteiger partial charge in [0.05, 0.1) is 12.8 Å². The van der Waals surface area contributed by atoms with Gasteiger partial charge < -0.3 is 20.8 Å². The first-order valence-corrected chi connectivity index (χ1v) is 10.2. The second-order valence-corrected chi connectivity index (χ2v) is 7.41. The normalized spacial score (nSPS) is 18.0. The SMILES string of the molecule is CNCc1ccc(OC)cc1.N/C(=C1/c2cc[nH]c2N=CN1N)C1CCCCC1. The molecule has 1 saturated carbocycles. The van der Waals surface area contributed by atoms with Crippen molar-refractivity contribution in [2.24, 2.45) is 22.5 Å². The van der Waals surface area contributed by atoms with Gasteiger partial charge >= 0.3 is 0 Å². The van der Waals surface area contributed by atoms with Gasteiger partial charge in [0.25, 0.3) is 0 Å². The molecule has 2 aliphatic rings. The number of aliphatic imine (C=N–C) groups is 1. The molecule has 2 aromatic rings. The van der Waals surface area contributed by atoms with E-state index < -0.39 is 0 Å². The molecule has 1 aromatic carbocycles. The van der Waals surface area contributed by atoms with Gasteiger partial charge in [-0.1, -0.05) is 31.4 Å². The summed E-state index contributed by atoms with van der Waals surface area (Å²) in [7, 11) is 3.61. The Morgan fingerprint density at radius 1 is 1.21 bits per heavy atom. The van der Waals surface area contributed by atoms with Crippen LogP contribution in [0.2, 0.25) is 0 Å². The fourth-order valence-corrected chi connectivity index (χ4v) is 3.83. The molecule has 1 aliphatic carbocycles. The second-order valence-electron chi connectivity index (χ2n) is 7.41. The van der Waals surface area contributed by atoms with Gasteiger partial charge in [0.2, 0.25) is 0 Å². The van der Waals surface area contributed by atoms with Crippen molar-refractivity contribution < 1.29 is 4.74 Å². The van der Waals surface area contributed by atoms with Gasteiger partial charge in [-0.05, 0) is 43.7 Å². The van der Waals surface area contributed by atoms with E-state index >= 15 is 0 Å². The average molecular weight is 397 g/mol. The maximum absolute atomic E-state index is 6.37. The number of aromatic nitrogens is 1. The number of methoxy groups -OCH3 is 1. The molecule has 2 heterocycles. The highest BCUT2D eigenvalue weighted by Crippen LogP contribution is 2.36. The van der Waals surface area contributed by atoms with E-state index in [9.17, 15) is 0 Å². The van der Waals surface area contributed by atoms with Crippen molar-refractivity contribution in [2.45, 2.75) is 38.6 Å². The Labute approximate surface area is 172 Å². The van der Waals surface area contributed by atoms with E-state index in [-0.39, 0.29) is 0 Å². The van der Waals surface area contributed by atoms with Crippen LogP contribution >= 0.6 is 0 Å². The van der Waals surface area contributed by atoms with Crippen molar-refractivity contribution in [3.8, 4) is 5.75 Å². The molecule has 4 rings (SSSR count). The van der Waals surface area contributed by atoms with Crippen LogP contribution in [0.5, 0.6) is 5.75 Å². The number of rotatable bonds is 4. The minimum Gasteiger partial charge on any atom is -0.497 e. The predicted molar refractivity (Wildman–Crippen MR) is 118 cm³/mol. The van der Waals surface area contributed by atoms with Crippen molar-refractivity contribution in [1.29, 1.82) is 0 Å². The number of hydrazine groups is 1. The van der Waals surface area contributed by atoms with Crippen LogP contribution in [0.1, 0.15) is 43.2 Å². The van der Waals surface area contributed by atoms with Crippen LogP contribution in [0.25, 0.3) is 5.70 Å². The third-order valence-corrected chi connectivity index (χ3v) is 5.41. The fraction of sp³-hybridized carbons (Fsp3) is 0.409. The molecule has 1 fully saturated rings. The highest BCUT2D eigenvalue weighted by molar-refractivity contribution is 5.86. The zero-order valence-corrected chi connectivity index (χ0v) is 17.3. The third kappa shape index (κ3) is 5.19. The predicted octanol–water partition coefficient (Wildman–Crippen LogP) is 3.49. The van der Waals surface area contributed by atoms with Crippen LogP contribution in [0.15, 0.2) is 47.2 Å². The van der Waals surface area contributed by atoms with Gasteiger partial charge in [-0.3, -0.25) is 5.01 Å². The van der Waals surface area contributed by atoms with Crippen LogP contribution in [0.4, 0.5) is 5.82 Å². The molecule has 1 aromatic heterocycles. The number of nitrogens with one attached hydrogen (secondary N) is 2. The molecule has 156 valence electrons. The first kappa shape index (κ1) is 21.0. The zero-order chi connectivity index (χ0) is 20.6. The minimum absolute atomic E-state index is 0.453. The molecule has 1 aliphatic heterocycles. The molecule has 0 saturated heterocycles. The summed E-state index contributed by atoms with van der Waals surface area (Å²) in [4.78, 5) is 7.34. The van der Waals surface area contributed by atoms with Gasteiger partial charge in [-0.2, -0.15) is 0 Å². The van der Waals surface area contributed by atoms with E-state index in [1.165, 1.54) is 37.7 Å². The molecule has 7 nitrogen and oxygen atoms in total. The van der Waals surface area contributed by atoms with Crippen LogP contribution in [0.3, 0.4) is 0 Å². The molecule has 6 N–H and O–H groups in total. The quantitative estimate of drug-likeness (QED) is 0.592. The summed E-state index contributed by atoms with van der Waals surface area (Å²) in [6.07, 6.45) is 9.66. The topological polar surface area (TPSA) is 105 Å². The number of benzene rings is 1. The molecule has 0 unspecified atom stereocenters. The number of nitrogens with zero attached hydrogens (tertiary/aromatic N) is 2. The van der Waals surface area contributed by atoms with Crippen LogP contribution in [-0.2, 0) is 6.54 Å². The standard InChI is InChI=1S/C13H19N5.C9H13NO/c14-11(9-4-2-1-3-5-9)12-10-6-7-16-13(10)17-8-18(12)15;1-10-7-8-3-5-9(11-2)6-4-8/h6-9,16H,1-5,14-15H2;3-6,10H,7H2,1-2H3/b12-11-;. The van der Waals surface area contributed by atoms with Gasteiger partial charge in [-0.25, -0.2) is 10.8 Å². The number of hydrogen-bond donors (Lipinski definition) is 4. The molecule has 0 amide bonds. The number of fused-ring (bicyclic) bond motifs is 1. The summed E-state index contributed by atoms with van der Waals surface area (Å²) < 4.78 is 5.03. The van der Waals surface area contributed by atoms with Gasteiger partial charge in [0.1, 0.15) is 17.9 Å². The van der Waals surface area contributed by atoms with E-state index in [4.69, 9.17) is 16.3 Å². The lowest BCUT2D eigenvalue weighted by Gasteiger charge is -2.28.